The summed E-state index contributed by atoms with van der Waals surface area (Å²) in [6.45, 7) is 0. The van der Waals surface area contributed by atoms with Crippen molar-refractivity contribution in [1.82, 2.24) is 4.98 Å². The number of methoxy groups -OCH3 is 2. The number of nitrogens with one attached hydrogen (secondary N) is 1. The van der Waals surface area contributed by atoms with E-state index in [0.29, 0.717) is 6.07 Å². The van der Waals surface area contributed by atoms with E-state index in [2.05, 4.69) is 9.72 Å². The van der Waals surface area contributed by atoms with Gasteiger partial charge in [-0.1, -0.05) is 11.6 Å². The van der Waals surface area contributed by atoms with Crippen LogP contribution >= 0.6 is 11.6 Å². The van der Waals surface area contributed by atoms with Crippen LogP contribution in [0.25, 0.3) is 10.9 Å². The second-order valence-corrected chi connectivity index (χ2v) is 4.61. The molecule has 0 amide bonds. The number of halogens is 4. The standard InChI is InChI=1S/C13H9ClF3NO4/c1-21-8-3-5-7(4-6(8)13(15,16)17)18-11(19)9(10(5)14)12(20)22-2/h3-4H,1-2H3,(H,18,19). The third-order valence-corrected chi connectivity index (χ3v) is 3.36. The lowest BCUT2D eigenvalue weighted by Gasteiger charge is -2.14. The molecule has 1 aromatic carbocycles. The van der Waals surface area contributed by atoms with Gasteiger partial charge in [0.1, 0.15) is 11.3 Å². The number of benzene rings is 1. The average molecular weight is 336 g/mol. The summed E-state index contributed by atoms with van der Waals surface area (Å²) in [5.41, 5.74) is -2.67. The fourth-order valence-electron chi connectivity index (χ4n) is 1.96. The minimum Gasteiger partial charge on any atom is -0.496 e. The van der Waals surface area contributed by atoms with Crippen molar-refractivity contribution in [2.24, 2.45) is 0 Å². The zero-order chi connectivity index (χ0) is 16.7. The van der Waals surface area contributed by atoms with Crippen LogP contribution in [0.15, 0.2) is 16.9 Å². The molecular formula is C13H9ClF3NO4. The quantitative estimate of drug-likeness (QED) is 0.857. The van der Waals surface area contributed by atoms with E-state index in [0.717, 1.165) is 20.3 Å². The summed E-state index contributed by atoms with van der Waals surface area (Å²) in [7, 11) is 2.12. The van der Waals surface area contributed by atoms with Gasteiger partial charge in [0.05, 0.1) is 30.3 Å². The molecule has 0 aliphatic heterocycles. The minimum atomic E-state index is -4.68. The fourth-order valence-corrected chi connectivity index (χ4v) is 2.28. The van der Waals surface area contributed by atoms with Crippen molar-refractivity contribution >= 4 is 28.5 Å². The molecule has 118 valence electrons. The third-order valence-electron chi connectivity index (χ3n) is 2.97. The molecule has 9 heteroatoms. The van der Waals surface area contributed by atoms with E-state index in [1.165, 1.54) is 0 Å². The number of fused-ring (bicyclic) bond motifs is 1. The molecule has 1 aromatic heterocycles. The maximum atomic E-state index is 12.9. The predicted octanol–water partition coefficient (Wildman–Crippen LogP) is 3.00. The number of carbonyl (C=O) groups is 1. The number of H-pyrrole nitrogens is 1. The number of pyridine rings is 1. The highest BCUT2D eigenvalue weighted by Crippen LogP contribution is 2.39. The molecule has 0 fully saturated rings. The van der Waals surface area contributed by atoms with E-state index < -0.39 is 34.6 Å². The number of hydrogen-bond acceptors (Lipinski definition) is 4. The number of alkyl halides is 3. The Labute approximate surface area is 126 Å². The molecule has 5 nitrogen and oxygen atoms in total. The van der Waals surface area contributed by atoms with Gasteiger partial charge in [0.25, 0.3) is 5.56 Å². The Morgan fingerprint density at radius 3 is 2.41 bits per heavy atom. The van der Waals surface area contributed by atoms with Crippen molar-refractivity contribution in [3.63, 3.8) is 0 Å². The van der Waals surface area contributed by atoms with Crippen LogP contribution in [-0.4, -0.2) is 25.2 Å². The molecule has 0 bridgehead atoms. The first-order chi connectivity index (χ1) is 10.2. The first-order valence-electron chi connectivity index (χ1n) is 5.79. The summed E-state index contributed by atoms with van der Waals surface area (Å²) < 4.78 is 48.0. The number of rotatable bonds is 2. The summed E-state index contributed by atoms with van der Waals surface area (Å²) in [4.78, 5) is 25.5. The number of aromatic nitrogens is 1. The molecule has 0 atom stereocenters. The van der Waals surface area contributed by atoms with Gasteiger partial charge in [0.15, 0.2) is 0 Å². The molecule has 0 unspecified atom stereocenters. The van der Waals surface area contributed by atoms with Crippen molar-refractivity contribution in [3.05, 3.63) is 38.6 Å². The molecular weight excluding hydrogens is 327 g/mol. The molecule has 0 spiro atoms. The molecule has 0 saturated heterocycles. The van der Waals surface area contributed by atoms with E-state index in [1.807, 2.05) is 0 Å². The summed E-state index contributed by atoms with van der Waals surface area (Å²) in [5, 5.41) is -0.274. The van der Waals surface area contributed by atoms with Crippen LogP contribution in [0.3, 0.4) is 0 Å². The first kappa shape index (κ1) is 16.2. The van der Waals surface area contributed by atoms with Crippen molar-refractivity contribution in [3.8, 4) is 5.75 Å². The van der Waals surface area contributed by atoms with Crippen LogP contribution < -0.4 is 10.3 Å². The first-order valence-corrected chi connectivity index (χ1v) is 6.17. The van der Waals surface area contributed by atoms with E-state index in [4.69, 9.17) is 16.3 Å². The van der Waals surface area contributed by atoms with Gasteiger partial charge >= 0.3 is 12.1 Å². The Kier molecular flexibility index (Phi) is 4.06. The Morgan fingerprint density at radius 2 is 1.91 bits per heavy atom. The summed E-state index contributed by atoms with van der Waals surface area (Å²) >= 11 is 5.96. The lowest BCUT2D eigenvalue weighted by Crippen LogP contribution is -2.20. The Balaban J connectivity index is 2.88. The van der Waals surface area contributed by atoms with Gasteiger partial charge in [-0.15, -0.1) is 0 Å². The maximum Gasteiger partial charge on any atom is 0.420 e. The average Bonchev–Trinajstić information content (AvgIpc) is 2.44. The molecule has 0 saturated carbocycles. The highest BCUT2D eigenvalue weighted by molar-refractivity contribution is 6.38. The number of hydrogen-bond donors (Lipinski definition) is 1. The highest BCUT2D eigenvalue weighted by atomic mass is 35.5. The lowest BCUT2D eigenvalue weighted by molar-refractivity contribution is -0.138. The largest absolute Gasteiger partial charge is 0.496 e. The van der Waals surface area contributed by atoms with Gasteiger partial charge in [-0.05, 0) is 12.1 Å². The van der Waals surface area contributed by atoms with E-state index in [9.17, 15) is 22.8 Å². The van der Waals surface area contributed by atoms with Gasteiger partial charge in [-0.3, -0.25) is 4.79 Å². The summed E-state index contributed by atoms with van der Waals surface area (Å²) in [6.07, 6.45) is -4.68. The minimum absolute atomic E-state index is 0.0338. The van der Waals surface area contributed by atoms with Crippen molar-refractivity contribution in [1.29, 1.82) is 0 Å². The van der Waals surface area contributed by atoms with Crippen LogP contribution in [0.4, 0.5) is 13.2 Å². The molecule has 1 heterocycles. The maximum absolute atomic E-state index is 12.9. The van der Waals surface area contributed by atoms with Gasteiger partial charge < -0.3 is 14.5 Å². The Bertz CT molecular complexity index is 814. The molecule has 0 radical (unpaired) electrons. The Morgan fingerprint density at radius 1 is 1.27 bits per heavy atom. The highest BCUT2D eigenvalue weighted by Gasteiger charge is 2.35. The van der Waals surface area contributed by atoms with Crippen molar-refractivity contribution in [2.45, 2.75) is 6.18 Å². The van der Waals surface area contributed by atoms with Gasteiger partial charge in [0, 0.05) is 5.39 Å². The van der Waals surface area contributed by atoms with Gasteiger partial charge in [-0.2, -0.15) is 13.2 Å². The van der Waals surface area contributed by atoms with Crippen LogP contribution in [0.5, 0.6) is 5.75 Å². The molecule has 0 aliphatic carbocycles. The number of ether oxygens (including phenoxy) is 2. The third kappa shape index (κ3) is 2.61. The zero-order valence-corrected chi connectivity index (χ0v) is 12.1. The van der Waals surface area contributed by atoms with Crippen molar-refractivity contribution < 1.29 is 27.4 Å². The van der Waals surface area contributed by atoms with E-state index in [1.54, 1.807) is 0 Å². The fraction of sp³-hybridized carbons (Fsp3) is 0.231. The summed E-state index contributed by atoms with van der Waals surface area (Å²) in [5.74, 6) is -1.48. The number of esters is 1. The van der Waals surface area contributed by atoms with Gasteiger partial charge in [-0.25, -0.2) is 4.79 Å². The molecule has 2 aromatic rings. The molecule has 22 heavy (non-hydrogen) atoms. The predicted molar refractivity (Wildman–Crippen MR) is 72.5 cm³/mol. The van der Waals surface area contributed by atoms with Crippen molar-refractivity contribution in [2.75, 3.05) is 14.2 Å². The van der Waals surface area contributed by atoms with Crippen LogP contribution in [0, 0.1) is 0 Å². The second-order valence-electron chi connectivity index (χ2n) is 4.23. The van der Waals surface area contributed by atoms with E-state index in [-0.39, 0.29) is 15.9 Å². The molecule has 1 N–H and O–H groups in total. The Hall–Kier alpha value is -2.22. The summed E-state index contributed by atoms with van der Waals surface area (Å²) in [6, 6.07) is 1.70. The SMILES string of the molecule is COC(=O)c1c(Cl)c2cc(OC)c(C(F)(F)F)cc2[nH]c1=O. The number of carbonyl (C=O) groups excluding carboxylic acids is 1. The van der Waals surface area contributed by atoms with E-state index >= 15 is 0 Å². The van der Waals surface area contributed by atoms with Gasteiger partial charge in [0.2, 0.25) is 0 Å². The topological polar surface area (TPSA) is 68.4 Å². The van der Waals surface area contributed by atoms with Crippen LogP contribution in [-0.2, 0) is 10.9 Å². The second kappa shape index (κ2) is 5.53. The lowest BCUT2D eigenvalue weighted by atomic mass is 10.1. The normalized spacial score (nSPS) is 11.5. The van der Waals surface area contributed by atoms with Crippen LogP contribution in [0.2, 0.25) is 5.02 Å². The smallest absolute Gasteiger partial charge is 0.420 e. The number of aromatic amines is 1. The van der Waals surface area contributed by atoms with Crippen LogP contribution in [0.1, 0.15) is 15.9 Å². The monoisotopic (exact) mass is 335 g/mol. The molecule has 0 aliphatic rings. The molecule has 2 rings (SSSR count). The zero-order valence-electron chi connectivity index (χ0n) is 11.3.